The maximum atomic E-state index is 12.2. The third-order valence-electron chi connectivity index (χ3n) is 2.87. The Bertz CT molecular complexity index is 432. The number of carbonyl (C=O) groups is 2. The van der Waals surface area contributed by atoms with Crippen LogP contribution in [0.25, 0.3) is 0 Å². The van der Waals surface area contributed by atoms with Gasteiger partial charge in [-0.2, -0.15) is 0 Å². The Morgan fingerprint density at radius 3 is 2.50 bits per heavy atom. The summed E-state index contributed by atoms with van der Waals surface area (Å²) in [5, 5.41) is 0. The third kappa shape index (κ3) is 5.82. The van der Waals surface area contributed by atoms with Crippen LogP contribution in [0.2, 0.25) is 0 Å². The molecule has 1 rings (SSSR count). The molecule has 5 nitrogen and oxygen atoms in total. The number of amides is 1. The average Bonchev–Trinajstić information content (AvgIpc) is 2.43. The van der Waals surface area contributed by atoms with Crippen molar-refractivity contribution in [2.45, 2.75) is 33.2 Å². The summed E-state index contributed by atoms with van der Waals surface area (Å²) in [6, 6.07) is 3.74. The van der Waals surface area contributed by atoms with Crippen molar-refractivity contribution >= 4 is 11.9 Å². The molecule has 0 spiro atoms. The molecule has 1 heterocycles. The van der Waals surface area contributed by atoms with Gasteiger partial charge in [0.2, 0.25) is 5.91 Å². The van der Waals surface area contributed by atoms with Crippen LogP contribution in [0, 0.1) is 5.92 Å². The lowest BCUT2D eigenvalue weighted by Gasteiger charge is -2.23. The van der Waals surface area contributed by atoms with E-state index in [0.29, 0.717) is 25.4 Å². The van der Waals surface area contributed by atoms with Crippen LogP contribution in [0.5, 0.6) is 0 Å². The van der Waals surface area contributed by atoms with E-state index in [0.717, 1.165) is 5.56 Å². The van der Waals surface area contributed by atoms with Crippen LogP contribution >= 0.6 is 0 Å². The van der Waals surface area contributed by atoms with Crippen molar-refractivity contribution in [1.29, 1.82) is 0 Å². The Kier molecular flexibility index (Phi) is 6.70. The van der Waals surface area contributed by atoms with Crippen molar-refractivity contribution in [2.24, 2.45) is 5.92 Å². The van der Waals surface area contributed by atoms with E-state index in [4.69, 9.17) is 0 Å². The van der Waals surface area contributed by atoms with Crippen molar-refractivity contribution in [1.82, 2.24) is 9.88 Å². The normalized spacial score (nSPS) is 10.4. The first-order valence-corrected chi connectivity index (χ1v) is 6.76. The van der Waals surface area contributed by atoms with Crippen molar-refractivity contribution in [3.8, 4) is 0 Å². The van der Waals surface area contributed by atoms with Gasteiger partial charge in [-0.05, 0) is 23.6 Å². The molecule has 0 saturated heterocycles. The number of carbonyl (C=O) groups excluding carboxylic acids is 2. The highest BCUT2D eigenvalue weighted by molar-refractivity contribution is 5.77. The summed E-state index contributed by atoms with van der Waals surface area (Å²) < 4.78 is 4.62. The molecule has 0 aliphatic rings. The molecule has 1 amide bonds. The number of methoxy groups -OCH3 is 1. The molecule has 1 aromatic rings. The van der Waals surface area contributed by atoms with Gasteiger partial charge in [0.15, 0.2) is 0 Å². The number of aromatic nitrogens is 1. The SMILES string of the molecule is COC(=O)CCN(Cc1ccncc1)C(=O)CC(C)C. The molecule has 0 unspecified atom stereocenters. The predicted octanol–water partition coefficient (Wildman–Crippen LogP) is 2.02. The molecule has 0 atom stereocenters. The standard InChI is InChI=1S/C15H22N2O3/c1-12(2)10-14(18)17(9-6-15(19)20-3)11-13-4-7-16-8-5-13/h4-5,7-8,12H,6,9-11H2,1-3H3. The number of ether oxygens (including phenoxy) is 1. The summed E-state index contributed by atoms with van der Waals surface area (Å²) in [5.74, 6) is 0.0448. The van der Waals surface area contributed by atoms with Crippen molar-refractivity contribution in [3.05, 3.63) is 30.1 Å². The molecule has 0 fully saturated rings. The monoisotopic (exact) mass is 278 g/mol. The minimum Gasteiger partial charge on any atom is -0.469 e. The molecule has 0 saturated carbocycles. The summed E-state index contributed by atoms with van der Waals surface area (Å²) in [4.78, 5) is 29.1. The molecule has 0 aromatic carbocycles. The van der Waals surface area contributed by atoms with Crippen LogP contribution in [0.1, 0.15) is 32.3 Å². The van der Waals surface area contributed by atoms with Crippen molar-refractivity contribution in [3.63, 3.8) is 0 Å². The second-order valence-corrected chi connectivity index (χ2v) is 5.09. The molecule has 0 N–H and O–H groups in total. The van der Waals surface area contributed by atoms with Crippen LogP contribution in [-0.2, 0) is 20.9 Å². The minimum absolute atomic E-state index is 0.0562. The molecular formula is C15H22N2O3. The first-order chi connectivity index (χ1) is 9.52. The minimum atomic E-state index is -0.304. The van der Waals surface area contributed by atoms with Gasteiger partial charge >= 0.3 is 5.97 Å². The van der Waals surface area contributed by atoms with E-state index < -0.39 is 0 Å². The van der Waals surface area contributed by atoms with Gasteiger partial charge in [0, 0.05) is 31.9 Å². The van der Waals surface area contributed by atoms with E-state index in [1.165, 1.54) is 7.11 Å². The number of hydrogen-bond donors (Lipinski definition) is 0. The molecular weight excluding hydrogens is 256 g/mol. The Balaban J connectivity index is 2.68. The van der Waals surface area contributed by atoms with Gasteiger partial charge in [-0.25, -0.2) is 0 Å². The van der Waals surface area contributed by atoms with Gasteiger partial charge in [-0.1, -0.05) is 13.8 Å². The van der Waals surface area contributed by atoms with E-state index in [2.05, 4.69) is 9.72 Å². The largest absolute Gasteiger partial charge is 0.469 e. The molecule has 1 aromatic heterocycles. The second kappa shape index (κ2) is 8.30. The highest BCUT2D eigenvalue weighted by atomic mass is 16.5. The summed E-state index contributed by atoms with van der Waals surface area (Å²) >= 11 is 0. The Labute approximate surface area is 119 Å². The molecule has 0 aliphatic heterocycles. The lowest BCUT2D eigenvalue weighted by atomic mass is 10.1. The van der Waals surface area contributed by atoms with Crippen molar-refractivity contribution < 1.29 is 14.3 Å². The summed E-state index contributed by atoms with van der Waals surface area (Å²) in [7, 11) is 1.35. The fraction of sp³-hybridized carbons (Fsp3) is 0.533. The van der Waals surface area contributed by atoms with E-state index in [1.807, 2.05) is 26.0 Å². The number of nitrogens with zero attached hydrogens (tertiary/aromatic N) is 2. The van der Waals surface area contributed by atoms with Gasteiger partial charge in [0.1, 0.15) is 0 Å². The number of esters is 1. The first kappa shape index (κ1) is 16.1. The maximum absolute atomic E-state index is 12.2. The summed E-state index contributed by atoms with van der Waals surface area (Å²) in [5.41, 5.74) is 1.00. The van der Waals surface area contributed by atoms with Crippen LogP contribution in [-0.4, -0.2) is 35.4 Å². The van der Waals surface area contributed by atoms with Gasteiger partial charge in [-0.3, -0.25) is 14.6 Å². The first-order valence-electron chi connectivity index (χ1n) is 6.76. The fourth-order valence-electron chi connectivity index (χ4n) is 1.81. The highest BCUT2D eigenvalue weighted by Gasteiger charge is 2.16. The summed E-state index contributed by atoms with van der Waals surface area (Å²) in [6.07, 6.45) is 4.08. The smallest absolute Gasteiger partial charge is 0.307 e. The van der Waals surface area contributed by atoms with Gasteiger partial charge in [-0.15, -0.1) is 0 Å². The van der Waals surface area contributed by atoms with Crippen LogP contribution in [0.3, 0.4) is 0 Å². The zero-order valence-corrected chi connectivity index (χ0v) is 12.3. The van der Waals surface area contributed by atoms with Gasteiger partial charge in [0.05, 0.1) is 13.5 Å². The molecule has 110 valence electrons. The highest BCUT2D eigenvalue weighted by Crippen LogP contribution is 2.10. The van der Waals surface area contributed by atoms with Crippen LogP contribution in [0.4, 0.5) is 0 Å². The zero-order valence-electron chi connectivity index (χ0n) is 12.3. The third-order valence-corrected chi connectivity index (χ3v) is 2.87. The van der Waals surface area contributed by atoms with E-state index in [-0.39, 0.29) is 18.3 Å². The Hall–Kier alpha value is -1.91. The van der Waals surface area contributed by atoms with E-state index in [1.54, 1.807) is 17.3 Å². The van der Waals surface area contributed by atoms with Crippen molar-refractivity contribution in [2.75, 3.05) is 13.7 Å². The Morgan fingerprint density at radius 1 is 1.30 bits per heavy atom. The van der Waals surface area contributed by atoms with Crippen LogP contribution in [0.15, 0.2) is 24.5 Å². The number of pyridine rings is 1. The summed E-state index contributed by atoms with van der Waals surface area (Å²) in [6.45, 7) is 4.87. The quantitative estimate of drug-likeness (QED) is 0.716. The van der Waals surface area contributed by atoms with E-state index in [9.17, 15) is 9.59 Å². The zero-order chi connectivity index (χ0) is 15.0. The molecule has 0 radical (unpaired) electrons. The van der Waals surface area contributed by atoms with Gasteiger partial charge < -0.3 is 9.64 Å². The lowest BCUT2D eigenvalue weighted by molar-refractivity contribution is -0.142. The topological polar surface area (TPSA) is 59.5 Å². The molecule has 0 aliphatic carbocycles. The number of rotatable bonds is 7. The molecule has 20 heavy (non-hydrogen) atoms. The fourth-order valence-corrected chi connectivity index (χ4v) is 1.81. The maximum Gasteiger partial charge on any atom is 0.307 e. The predicted molar refractivity (Wildman–Crippen MR) is 75.7 cm³/mol. The lowest BCUT2D eigenvalue weighted by Crippen LogP contribution is -2.33. The van der Waals surface area contributed by atoms with Gasteiger partial charge in [0.25, 0.3) is 0 Å². The Morgan fingerprint density at radius 2 is 1.95 bits per heavy atom. The average molecular weight is 278 g/mol. The van der Waals surface area contributed by atoms with Crippen LogP contribution < -0.4 is 0 Å². The number of hydrogen-bond acceptors (Lipinski definition) is 4. The molecule has 0 bridgehead atoms. The molecule has 5 heteroatoms. The second-order valence-electron chi connectivity index (χ2n) is 5.09. The van der Waals surface area contributed by atoms with E-state index >= 15 is 0 Å².